The van der Waals surface area contributed by atoms with Crippen molar-refractivity contribution in [1.29, 1.82) is 0 Å². The lowest BCUT2D eigenvalue weighted by Crippen LogP contribution is -2.32. The topological polar surface area (TPSA) is 3.24 Å². The zero-order valence-electron chi connectivity index (χ0n) is 10.7. The van der Waals surface area contributed by atoms with Crippen LogP contribution in [0.4, 0.5) is 5.69 Å². The fourth-order valence-electron chi connectivity index (χ4n) is 2.39. The molecule has 3 rings (SSSR count). The van der Waals surface area contributed by atoms with Crippen LogP contribution in [-0.2, 0) is 0 Å². The monoisotopic (exact) mass is 289 g/mol. The summed E-state index contributed by atoms with van der Waals surface area (Å²) in [7, 11) is 0. The van der Waals surface area contributed by atoms with Gasteiger partial charge in [0.05, 0.1) is 0 Å². The third kappa shape index (κ3) is 2.90. The summed E-state index contributed by atoms with van der Waals surface area (Å²) >= 11 is 8.31. The van der Waals surface area contributed by atoms with Gasteiger partial charge in [0.15, 0.2) is 0 Å². The van der Waals surface area contributed by atoms with E-state index in [1.165, 1.54) is 22.8 Å². The van der Waals surface area contributed by atoms with Gasteiger partial charge in [0.2, 0.25) is 0 Å². The standard InChI is InChI=1S/C16H16ClNS/c17-16-7-2-1-6-15(16)13-4-3-5-14(12-13)18-8-10-19-11-9-18/h1-7,12H,8-11H2. The average molecular weight is 290 g/mol. The van der Waals surface area contributed by atoms with Crippen molar-refractivity contribution in [2.24, 2.45) is 0 Å². The van der Waals surface area contributed by atoms with Gasteiger partial charge in [-0.25, -0.2) is 0 Å². The van der Waals surface area contributed by atoms with Crippen LogP contribution in [0, 0.1) is 0 Å². The van der Waals surface area contributed by atoms with Gasteiger partial charge in [-0.1, -0.05) is 41.9 Å². The van der Waals surface area contributed by atoms with Crippen molar-refractivity contribution in [2.45, 2.75) is 0 Å². The molecule has 2 aromatic carbocycles. The van der Waals surface area contributed by atoms with Gasteiger partial charge in [-0.2, -0.15) is 11.8 Å². The second-order valence-corrected chi connectivity index (χ2v) is 6.26. The quantitative estimate of drug-likeness (QED) is 0.797. The molecule has 1 saturated heterocycles. The molecular formula is C16H16ClNS. The maximum atomic E-state index is 6.28. The molecule has 0 bridgehead atoms. The SMILES string of the molecule is Clc1ccccc1-c1cccc(N2CCSCC2)c1. The molecule has 0 unspecified atom stereocenters. The summed E-state index contributed by atoms with van der Waals surface area (Å²) in [4.78, 5) is 2.46. The molecule has 0 atom stereocenters. The Hall–Kier alpha value is -1.12. The number of thioether (sulfide) groups is 1. The Bertz CT molecular complexity index is 564. The van der Waals surface area contributed by atoms with Crippen LogP contribution in [0.3, 0.4) is 0 Å². The van der Waals surface area contributed by atoms with Crippen LogP contribution in [0.2, 0.25) is 5.02 Å². The minimum absolute atomic E-state index is 0.814. The summed E-state index contributed by atoms with van der Waals surface area (Å²) in [6.07, 6.45) is 0. The van der Waals surface area contributed by atoms with E-state index in [-0.39, 0.29) is 0 Å². The van der Waals surface area contributed by atoms with E-state index in [1.54, 1.807) is 0 Å². The van der Waals surface area contributed by atoms with Gasteiger partial charge < -0.3 is 4.90 Å². The number of nitrogens with zero attached hydrogens (tertiary/aromatic N) is 1. The van der Waals surface area contributed by atoms with Crippen molar-refractivity contribution >= 4 is 29.1 Å². The maximum absolute atomic E-state index is 6.28. The van der Waals surface area contributed by atoms with E-state index in [1.807, 2.05) is 30.0 Å². The van der Waals surface area contributed by atoms with Gasteiger partial charge in [-0.15, -0.1) is 0 Å². The first kappa shape index (κ1) is 12.9. The molecule has 0 radical (unpaired) electrons. The van der Waals surface area contributed by atoms with Crippen molar-refractivity contribution in [2.75, 3.05) is 29.5 Å². The number of anilines is 1. The van der Waals surface area contributed by atoms with E-state index >= 15 is 0 Å². The molecule has 0 amide bonds. The normalized spacial score (nSPS) is 15.5. The summed E-state index contributed by atoms with van der Waals surface area (Å²) in [5.41, 5.74) is 3.61. The van der Waals surface area contributed by atoms with E-state index in [2.05, 4.69) is 35.2 Å². The maximum Gasteiger partial charge on any atom is 0.0484 e. The highest BCUT2D eigenvalue weighted by Gasteiger charge is 2.12. The molecule has 2 aromatic rings. The third-order valence-electron chi connectivity index (χ3n) is 3.41. The van der Waals surface area contributed by atoms with Gasteiger partial charge in [0.1, 0.15) is 0 Å². The summed E-state index contributed by atoms with van der Waals surface area (Å²) in [6.45, 7) is 2.27. The lowest BCUT2D eigenvalue weighted by atomic mass is 10.0. The van der Waals surface area contributed by atoms with Gasteiger partial charge in [-0.3, -0.25) is 0 Å². The lowest BCUT2D eigenvalue weighted by molar-refractivity contribution is 0.859. The van der Waals surface area contributed by atoms with Crippen molar-refractivity contribution in [3.63, 3.8) is 0 Å². The van der Waals surface area contributed by atoms with Crippen LogP contribution in [0.25, 0.3) is 11.1 Å². The second kappa shape index (κ2) is 5.89. The summed E-state index contributed by atoms with van der Waals surface area (Å²) in [5, 5.41) is 0.814. The van der Waals surface area contributed by atoms with Gasteiger partial charge >= 0.3 is 0 Å². The first-order valence-electron chi connectivity index (χ1n) is 6.52. The number of rotatable bonds is 2. The molecule has 3 heteroatoms. The Balaban J connectivity index is 1.93. The highest BCUT2D eigenvalue weighted by Crippen LogP contribution is 2.30. The molecule has 0 saturated carbocycles. The average Bonchev–Trinajstić information content (AvgIpc) is 2.49. The highest BCUT2D eigenvalue weighted by molar-refractivity contribution is 7.99. The van der Waals surface area contributed by atoms with Gasteiger partial charge in [0.25, 0.3) is 0 Å². The lowest BCUT2D eigenvalue weighted by Gasteiger charge is -2.28. The summed E-state index contributed by atoms with van der Waals surface area (Å²) in [6, 6.07) is 16.7. The number of halogens is 1. The first-order chi connectivity index (χ1) is 9.34. The molecule has 1 nitrogen and oxygen atoms in total. The molecule has 1 aliphatic heterocycles. The number of benzene rings is 2. The Morgan fingerprint density at radius 2 is 1.74 bits per heavy atom. The molecule has 1 fully saturated rings. The van der Waals surface area contributed by atoms with Gasteiger partial charge in [0, 0.05) is 40.9 Å². The Kier molecular flexibility index (Phi) is 4.00. The third-order valence-corrected chi connectivity index (χ3v) is 4.68. The van der Waals surface area contributed by atoms with Crippen LogP contribution in [-0.4, -0.2) is 24.6 Å². The zero-order valence-corrected chi connectivity index (χ0v) is 12.3. The Morgan fingerprint density at radius 3 is 2.53 bits per heavy atom. The van der Waals surface area contributed by atoms with Crippen molar-refractivity contribution in [1.82, 2.24) is 0 Å². The van der Waals surface area contributed by atoms with Crippen LogP contribution >= 0.6 is 23.4 Å². The summed E-state index contributed by atoms with van der Waals surface area (Å²) in [5.74, 6) is 2.44. The van der Waals surface area contributed by atoms with E-state index in [0.29, 0.717) is 0 Å². The predicted octanol–water partition coefficient (Wildman–Crippen LogP) is 4.56. The number of hydrogen-bond donors (Lipinski definition) is 0. The second-order valence-electron chi connectivity index (χ2n) is 4.63. The molecule has 0 N–H and O–H groups in total. The van der Waals surface area contributed by atoms with Crippen molar-refractivity contribution in [3.8, 4) is 11.1 Å². The smallest absolute Gasteiger partial charge is 0.0484 e. The minimum Gasteiger partial charge on any atom is -0.370 e. The largest absolute Gasteiger partial charge is 0.370 e. The Morgan fingerprint density at radius 1 is 0.947 bits per heavy atom. The number of hydrogen-bond acceptors (Lipinski definition) is 2. The van der Waals surface area contributed by atoms with Crippen molar-refractivity contribution in [3.05, 3.63) is 53.6 Å². The fourth-order valence-corrected chi connectivity index (χ4v) is 3.53. The Labute approximate surface area is 123 Å². The van der Waals surface area contributed by atoms with Gasteiger partial charge in [-0.05, 0) is 23.8 Å². The van der Waals surface area contributed by atoms with Crippen molar-refractivity contribution < 1.29 is 0 Å². The molecule has 1 aliphatic rings. The molecule has 0 aliphatic carbocycles. The molecule has 19 heavy (non-hydrogen) atoms. The summed E-state index contributed by atoms with van der Waals surface area (Å²) < 4.78 is 0. The fraction of sp³-hybridized carbons (Fsp3) is 0.250. The van der Waals surface area contributed by atoms with E-state index in [0.717, 1.165) is 23.7 Å². The zero-order chi connectivity index (χ0) is 13.1. The van der Waals surface area contributed by atoms with Crippen LogP contribution in [0.15, 0.2) is 48.5 Å². The first-order valence-corrected chi connectivity index (χ1v) is 8.05. The molecule has 0 aromatic heterocycles. The minimum atomic E-state index is 0.814. The van der Waals surface area contributed by atoms with Crippen LogP contribution in [0.5, 0.6) is 0 Å². The van der Waals surface area contributed by atoms with E-state index < -0.39 is 0 Å². The van der Waals surface area contributed by atoms with E-state index in [4.69, 9.17) is 11.6 Å². The molecule has 1 heterocycles. The van der Waals surface area contributed by atoms with Crippen LogP contribution < -0.4 is 4.90 Å². The molecule has 0 spiro atoms. The molecular weight excluding hydrogens is 274 g/mol. The molecule has 98 valence electrons. The highest BCUT2D eigenvalue weighted by atomic mass is 35.5. The van der Waals surface area contributed by atoms with E-state index in [9.17, 15) is 0 Å². The predicted molar refractivity (Wildman–Crippen MR) is 86.4 cm³/mol. The van der Waals surface area contributed by atoms with Crippen LogP contribution in [0.1, 0.15) is 0 Å².